The van der Waals surface area contributed by atoms with Crippen LogP contribution in [0.15, 0.2) is 60.7 Å². The summed E-state index contributed by atoms with van der Waals surface area (Å²) in [6.45, 7) is 6.98. The zero-order chi connectivity index (χ0) is 24.5. The molecule has 5 atom stereocenters. The van der Waals surface area contributed by atoms with Crippen LogP contribution in [-0.4, -0.2) is 15.9 Å². The van der Waals surface area contributed by atoms with E-state index in [4.69, 9.17) is 9.47 Å². The highest BCUT2D eigenvalue weighted by atomic mass is 127. The first-order valence-electron chi connectivity index (χ1n) is 12.4. The molecule has 0 N–H and O–H groups in total. The second kappa shape index (κ2) is 13.3. The van der Waals surface area contributed by atoms with Gasteiger partial charge in [0.25, 0.3) is 0 Å². The van der Waals surface area contributed by atoms with Gasteiger partial charge in [-0.05, 0) is 54.6 Å². The predicted octanol–water partition coefficient (Wildman–Crippen LogP) is 6.99. The summed E-state index contributed by atoms with van der Waals surface area (Å²) in [5, 5.41) is 0. The van der Waals surface area contributed by atoms with Crippen LogP contribution in [0.3, 0.4) is 0 Å². The summed E-state index contributed by atoms with van der Waals surface area (Å²) in [4.78, 5) is 26.0. The van der Waals surface area contributed by atoms with Crippen molar-refractivity contribution in [1.82, 2.24) is 0 Å². The number of ether oxygens (including phenoxy) is 2. The highest BCUT2D eigenvalue weighted by Crippen LogP contribution is 2.41. The summed E-state index contributed by atoms with van der Waals surface area (Å²) in [7, 11) is 0. The molecule has 0 bridgehead atoms. The maximum absolute atomic E-state index is 13.1. The molecule has 1 aliphatic carbocycles. The van der Waals surface area contributed by atoms with Gasteiger partial charge in [0.05, 0.1) is 11.8 Å². The number of carbonyl (C=O) groups is 2. The molecule has 0 aliphatic heterocycles. The number of carbonyl (C=O) groups excluding carboxylic acids is 2. The van der Waals surface area contributed by atoms with Crippen LogP contribution in [0.25, 0.3) is 0 Å². The van der Waals surface area contributed by atoms with Crippen molar-refractivity contribution in [1.29, 1.82) is 0 Å². The van der Waals surface area contributed by atoms with Gasteiger partial charge in [0.15, 0.2) is 0 Å². The van der Waals surface area contributed by atoms with Gasteiger partial charge in [0, 0.05) is 3.92 Å². The molecule has 0 aromatic heterocycles. The van der Waals surface area contributed by atoms with Crippen LogP contribution in [0.1, 0.15) is 57.6 Å². The molecule has 5 unspecified atom stereocenters. The van der Waals surface area contributed by atoms with Crippen LogP contribution in [-0.2, 0) is 32.3 Å². The van der Waals surface area contributed by atoms with Crippen molar-refractivity contribution < 1.29 is 19.1 Å². The van der Waals surface area contributed by atoms with E-state index in [1.54, 1.807) is 0 Å². The van der Waals surface area contributed by atoms with Crippen molar-refractivity contribution in [2.45, 2.75) is 63.6 Å². The summed E-state index contributed by atoms with van der Waals surface area (Å²) in [6.07, 6.45) is 3.39. The monoisotopic (exact) mass is 576 g/mol. The average Bonchev–Trinajstić information content (AvgIpc) is 2.84. The number of rotatable bonds is 10. The molecule has 2 aromatic carbocycles. The topological polar surface area (TPSA) is 52.6 Å². The van der Waals surface area contributed by atoms with E-state index in [2.05, 4.69) is 43.4 Å². The Bertz CT molecular complexity index is 899. The second-order valence-electron chi connectivity index (χ2n) is 9.95. The van der Waals surface area contributed by atoms with E-state index < -0.39 is 0 Å². The van der Waals surface area contributed by atoms with Gasteiger partial charge in [-0.25, -0.2) is 0 Å². The zero-order valence-electron chi connectivity index (χ0n) is 20.5. The molecule has 5 heteroatoms. The molecule has 0 heterocycles. The first-order chi connectivity index (χ1) is 16.3. The minimum absolute atomic E-state index is 0.100. The SMILES string of the molecule is CC(C)C(CCC1CC(I)C(C)CC1C(=O)OCc1ccccc1)C(=O)OCc1ccccc1. The quantitative estimate of drug-likeness (QED) is 0.174. The van der Waals surface area contributed by atoms with Crippen molar-refractivity contribution in [2.75, 3.05) is 0 Å². The Morgan fingerprint density at radius 2 is 1.47 bits per heavy atom. The second-order valence-corrected chi connectivity index (χ2v) is 11.5. The number of hydrogen-bond donors (Lipinski definition) is 0. The standard InChI is InChI=1S/C29H37IO4/c1-20(2)25(28(31)33-18-22-10-6-4-7-11-22)15-14-24-17-27(30)21(3)16-26(24)29(32)34-19-23-12-8-5-9-13-23/h4-13,20-21,24-27H,14-19H2,1-3H3. The lowest BCUT2D eigenvalue weighted by molar-refractivity contribution is -0.154. The third-order valence-corrected chi connectivity index (χ3v) is 8.78. The highest BCUT2D eigenvalue weighted by molar-refractivity contribution is 14.1. The minimum atomic E-state index is -0.170. The zero-order valence-corrected chi connectivity index (χ0v) is 22.6. The number of hydrogen-bond acceptors (Lipinski definition) is 4. The molecule has 0 amide bonds. The average molecular weight is 577 g/mol. The molecule has 4 nitrogen and oxygen atoms in total. The lowest BCUT2D eigenvalue weighted by Gasteiger charge is -2.37. The van der Waals surface area contributed by atoms with E-state index in [0.29, 0.717) is 23.1 Å². The number of esters is 2. The Morgan fingerprint density at radius 3 is 2.03 bits per heavy atom. The summed E-state index contributed by atoms with van der Waals surface area (Å²) >= 11 is 2.52. The van der Waals surface area contributed by atoms with Gasteiger partial charge in [0.1, 0.15) is 13.2 Å². The summed E-state index contributed by atoms with van der Waals surface area (Å²) in [5.74, 6) is 0.362. The first-order valence-corrected chi connectivity index (χ1v) is 13.6. The van der Waals surface area contributed by atoms with Crippen LogP contribution in [0.2, 0.25) is 0 Å². The molecule has 1 saturated carbocycles. The third kappa shape index (κ3) is 7.82. The fraction of sp³-hybridized carbons (Fsp3) is 0.517. The molecule has 2 aromatic rings. The van der Waals surface area contributed by atoms with Crippen molar-refractivity contribution >= 4 is 34.5 Å². The molecule has 3 rings (SSSR count). The van der Waals surface area contributed by atoms with E-state index in [-0.39, 0.29) is 35.6 Å². The maximum atomic E-state index is 13.1. The molecule has 0 radical (unpaired) electrons. The van der Waals surface area contributed by atoms with Crippen molar-refractivity contribution in [2.24, 2.45) is 29.6 Å². The number of benzene rings is 2. The van der Waals surface area contributed by atoms with Crippen LogP contribution in [0, 0.1) is 29.6 Å². The largest absolute Gasteiger partial charge is 0.461 e. The Labute approximate surface area is 217 Å². The Kier molecular flexibility index (Phi) is 10.4. The van der Waals surface area contributed by atoms with E-state index in [9.17, 15) is 9.59 Å². The fourth-order valence-corrected chi connectivity index (χ4v) is 5.77. The molecule has 1 aliphatic rings. The van der Waals surface area contributed by atoms with Crippen LogP contribution >= 0.6 is 22.6 Å². The molecule has 1 fully saturated rings. The minimum Gasteiger partial charge on any atom is -0.461 e. The summed E-state index contributed by atoms with van der Waals surface area (Å²) in [5.41, 5.74) is 2.00. The first kappa shape index (κ1) is 26.7. The van der Waals surface area contributed by atoms with Gasteiger partial charge in [-0.15, -0.1) is 0 Å². The van der Waals surface area contributed by atoms with Crippen LogP contribution in [0.4, 0.5) is 0 Å². The molecule has 0 saturated heterocycles. The summed E-state index contributed by atoms with van der Waals surface area (Å²) < 4.78 is 11.9. The third-order valence-electron chi connectivity index (χ3n) is 7.05. The molecule has 34 heavy (non-hydrogen) atoms. The van der Waals surface area contributed by atoms with Gasteiger partial charge in [-0.3, -0.25) is 9.59 Å². The number of alkyl halides is 1. The van der Waals surface area contributed by atoms with Gasteiger partial charge in [0.2, 0.25) is 0 Å². The predicted molar refractivity (Wildman–Crippen MR) is 143 cm³/mol. The molecular weight excluding hydrogens is 539 g/mol. The molecular formula is C29H37IO4. The number of halogens is 1. The Balaban J connectivity index is 1.59. The smallest absolute Gasteiger partial charge is 0.309 e. The fourth-order valence-electron chi connectivity index (χ4n) is 4.82. The van der Waals surface area contributed by atoms with E-state index >= 15 is 0 Å². The van der Waals surface area contributed by atoms with Crippen LogP contribution < -0.4 is 0 Å². The summed E-state index contributed by atoms with van der Waals surface area (Å²) in [6, 6.07) is 19.6. The van der Waals surface area contributed by atoms with Gasteiger partial charge >= 0.3 is 11.9 Å². The van der Waals surface area contributed by atoms with Gasteiger partial charge in [-0.1, -0.05) is 104 Å². The lowest BCUT2D eigenvalue weighted by Crippen LogP contribution is -2.37. The normalized spacial score (nSPS) is 23.3. The van der Waals surface area contributed by atoms with E-state index in [0.717, 1.165) is 36.8 Å². The molecule has 0 spiro atoms. The molecule has 184 valence electrons. The lowest BCUT2D eigenvalue weighted by atomic mass is 9.71. The Morgan fingerprint density at radius 1 is 0.912 bits per heavy atom. The van der Waals surface area contributed by atoms with Crippen molar-refractivity contribution in [3.63, 3.8) is 0 Å². The maximum Gasteiger partial charge on any atom is 0.309 e. The Hall–Kier alpha value is -1.89. The highest BCUT2D eigenvalue weighted by Gasteiger charge is 2.39. The van der Waals surface area contributed by atoms with E-state index in [1.165, 1.54) is 0 Å². The van der Waals surface area contributed by atoms with Crippen molar-refractivity contribution in [3.8, 4) is 0 Å². The van der Waals surface area contributed by atoms with Crippen LogP contribution in [0.5, 0.6) is 0 Å². The van der Waals surface area contributed by atoms with Gasteiger partial charge in [-0.2, -0.15) is 0 Å². The van der Waals surface area contributed by atoms with Crippen molar-refractivity contribution in [3.05, 3.63) is 71.8 Å². The van der Waals surface area contributed by atoms with Gasteiger partial charge < -0.3 is 9.47 Å². The van der Waals surface area contributed by atoms with E-state index in [1.807, 2.05) is 60.7 Å².